The van der Waals surface area contributed by atoms with E-state index in [0.717, 1.165) is 0 Å². The molecular weight excluding hydrogens is 272 g/mol. The van der Waals surface area contributed by atoms with Crippen LogP contribution in [0.4, 0.5) is 5.69 Å². The van der Waals surface area contributed by atoms with E-state index in [4.69, 9.17) is 11.5 Å². The predicted octanol–water partition coefficient (Wildman–Crippen LogP) is 0.686. The summed E-state index contributed by atoms with van der Waals surface area (Å²) in [6.07, 6.45) is 2.89. The van der Waals surface area contributed by atoms with E-state index in [0.29, 0.717) is 0 Å². The summed E-state index contributed by atoms with van der Waals surface area (Å²) in [4.78, 5) is 36.6. The number of anilines is 1. The van der Waals surface area contributed by atoms with Gasteiger partial charge in [-0.3, -0.25) is 9.59 Å². The molecule has 1 unspecified atom stereocenters. The molecule has 0 radical (unpaired) electrons. The molecule has 1 aromatic rings. The van der Waals surface area contributed by atoms with Crippen LogP contribution in [0.2, 0.25) is 0 Å². The highest BCUT2D eigenvalue weighted by Crippen LogP contribution is 2.38. The van der Waals surface area contributed by atoms with E-state index in [2.05, 4.69) is 0 Å². The van der Waals surface area contributed by atoms with Gasteiger partial charge in [-0.2, -0.15) is 0 Å². The van der Waals surface area contributed by atoms with Crippen molar-refractivity contribution in [3.63, 3.8) is 0 Å². The summed E-state index contributed by atoms with van der Waals surface area (Å²) in [7, 11) is 0. The summed E-state index contributed by atoms with van der Waals surface area (Å²) in [5.74, 6) is -2.36. The Kier molecular flexibility index (Phi) is 2.61. The Bertz CT molecular complexity index is 776. The Morgan fingerprint density at radius 2 is 1.95 bits per heavy atom. The standard InChI is InChI=1S/C15H12N2O4/c16-9-5-1-3-7-10(9)12(18)8-4-2-6-15(17,14(20)21)11(8)13(7)19/h1-5H,6,16-17H2,(H,20,21). The fraction of sp³-hybridized carbons (Fsp3) is 0.133. The molecule has 5 N–H and O–H groups in total. The van der Waals surface area contributed by atoms with Gasteiger partial charge < -0.3 is 16.6 Å². The molecule has 106 valence electrons. The molecule has 0 aliphatic heterocycles. The van der Waals surface area contributed by atoms with Gasteiger partial charge >= 0.3 is 5.97 Å². The largest absolute Gasteiger partial charge is 0.480 e. The molecule has 0 heterocycles. The van der Waals surface area contributed by atoms with Gasteiger partial charge in [0.25, 0.3) is 0 Å². The number of nitrogens with two attached hydrogens (primary N) is 2. The molecule has 1 aromatic carbocycles. The number of carboxylic acids is 1. The minimum absolute atomic E-state index is 0.0153. The van der Waals surface area contributed by atoms with E-state index >= 15 is 0 Å². The number of carboxylic acid groups (broad SMARTS) is 1. The van der Waals surface area contributed by atoms with Crippen molar-refractivity contribution in [2.45, 2.75) is 12.0 Å². The van der Waals surface area contributed by atoms with Gasteiger partial charge in [0.2, 0.25) is 0 Å². The third-order valence-electron chi connectivity index (χ3n) is 3.86. The smallest absolute Gasteiger partial charge is 0.328 e. The van der Waals surface area contributed by atoms with Crippen molar-refractivity contribution in [2.75, 3.05) is 5.73 Å². The normalized spacial score (nSPS) is 23.9. The molecule has 0 fully saturated rings. The number of hydrogen-bond donors (Lipinski definition) is 3. The number of ketones is 2. The Morgan fingerprint density at radius 1 is 1.24 bits per heavy atom. The van der Waals surface area contributed by atoms with Crippen LogP contribution < -0.4 is 11.5 Å². The second-order valence-electron chi connectivity index (χ2n) is 5.10. The second-order valence-corrected chi connectivity index (χ2v) is 5.10. The molecule has 0 aromatic heterocycles. The van der Waals surface area contributed by atoms with Crippen molar-refractivity contribution >= 4 is 23.2 Å². The number of hydrogen-bond acceptors (Lipinski definition) is 5. The fourth-order valence-corrected chi connectivity index (χ4v) is 2.78. The van der Waals surface area contributed by atoms with Crippen LogP contribution in [0.5, 0.6) is 0 Å². The first kappa shape index (κ1) is 13.3. The predicted molar refractivity (Wildman–Crippen MR) is 74.9 cm³/mol. The van der Waals surface area contributed by atoms with Crippen molar-refractivity contribution in [2.24, 2.45) is 5.73 Å². The maximum Gasteiger partial charge on any atom is 0.328 e. The minimum Gasteiger partial charge on any atom is -0.480 e. The van der Waals surface area contributed by atoms with Gasteiger partial charge in [0.05, 0.1) is 5.56 Å². The first-order valence-corrected chi connectivity index (χ1v) is 6.29. The molecule has 1 atom stereocenters. The summed E-state index contributed by atoms with van der Waals surface area (Å²) >= 11 is 0. The van der Waals surface area contributed by atoms with Crippen molar-refractivity contribution in [1.82, 2.24) is 0 Å². The van der Waals surface area contributed by atoms with Crippen molar-refractivity contribution in [3.05, 3.63) is 52.6 Å². The molecule has 0 spiro atoms. The average Bonchev–Trinajstić information content (AvgIpc) is 2.44. The van der Waals surface area contributed by atoms with Crippen LogP contribution in [0.25, 0.3) is 0 Å². The first-order chi connectivity index (χ1) is 9.88. The van der Waals surface area contributed by atoms with E-state index in [1.807, 2.05) is 0 Å². The van der Waals surface area contributed by atoms with E-state index in [9.17, 15) is 19.5 Å². The summed E-state index contributed by atoms with van der Waals surface area (Å²) < 4.78 is 0. The SMILES string of the molecule is Nc1cccc2c1C(=O)C1=C(C2=O)C(N)(C(=O)O)CC=C1. The zero-order valence-electron chi connectivity index (χ0n) is 10.9. The molecule has 3 rings (SSSR count). The maximum atomic E-state index is 12.6. The number of Topliss-reactive ketones (excluding diaryl/α,β-unsaturated/α-hetero) is 2. The third-order valence-corrected chi connectivity index (χ3v) is 3.86. The van der Waals surface area contributed by atoms with Crippen LogP contribution in [0.1, 0.15) is 27.1 Å². The van der Waals surface area contributed by atoms with Crippen LogP contribution in [0.3, 0.4) is 0 Å². The van der Waals surface area contributed by atoms with Gasteiger partial charge in [-0.1, -0.05) is 24.3 Å². The molecular formula is C15H12N2O4. The lowest BCUT2D eigenvalue weighted by atomic mass is 9.71. The van der Waals surface area contributed by atoms with E-state index in [-0.39, 0.29) is 34.4 Å². The summed E-state index contributed by atoms with van der Waals surface area (Å²) in [6, 6.07) is 4.52. The summed E-state index contributed by atoms with van der Waals surface area (Å²) in [5.41, 5.74) is 10.0. The zero-order valence-corrected chi connectivity index (χ0v) is 10.9. The molecule has 6 heteroatoms. The molecule has 2 aliphatic carbocycles. The molecule has 0 saturated carbocycles. The summed E-state index contributed by atoms with van der Waals surface area (Å²) in [5, 5.41) is 9.36. The highest BCUT2D eigenvalue weighted by Gasteiger charge is 2.48. The van der Waals surface area contributed by atoms with E-state index in [1.54, 1.807) is 6.07 Å². The molecule has 6 nitrogen and oxygen atoms in total. The lowest BCUT2D eigenvalue weighted by Gasteiger charge is -2.33. The molecule has 0 saturated heterocycles. The van der Waals surface area contributed by atoms with Gasteiger partial charge in [0.1, 0.15) is 5.54 Å². The Morgan fingerprint density at radius 3 is 2.62 bits per heavy atom. The van der Waals surface area contributed by atoms with Crippen LogP contribution in [-0.2, 0) is 4.79 Å². The zero-order chi connectivity index (χ0) is 15.4. The number of fused-ring (bicyclic) bond motifs is 1. The number of nitrogen functional groups attached to an aromatic ring is 1. The molecule has 2 aliphatic rings. The highest BCUT2D eigenvalue weighted by atomic mass is 16.4. The monoisotopic (exact) mass is 284 g/mol. The van der Waals surface area contributed by atoms with Gasteiger partial charge in [-0.05, 0) is 12.5 Å². The number of allylic oxidation sites excluding steroid dienone is 2. The van der Waals surface area contributed by atoms with Gasteiger partial charge in [0.15, 0.2) is 11.6 Å². The maximum absolute atomic E-state index is 12.6. The lowest BCUT2D eigenvalue weighted by Crippen LogP contribution is -2.54. The number of aliphatic carboxylic acids is 1. The fourth-order valence-electron chi connectivity index (χ4n) is 2.78. The number of carbonyl (C=O) groups is 3. The molecule has 0 bridgehead atoms. The van der Waals surface area contributed by atoms with E-state index in [1.165, 1.54) is 24.3 Å². The minimum atomic E-state index is -1.89. The van der Waals surface area contributed by atoms with Crippen LogP contribution in [0.15, 0.2) is 41.5 Å². The first-order valence-electron chi connectivity index (χ1n) is 6.29. The van der Waals surface area contributed by atoms with Crippen molar-refractivity contribution in [3.8, 4) is 0 Å². The lowest BCUT2D eigenvalue weighted by molar-refractivity contribution is -0.141. The molecule has 21 heavy (non-hydrogen) atoms. The Labute approximate surface area is 119 Å². The second kappa shape index (κ2) is 4.13. The van der Waals surface area contributed by atoms with Gasteiger partial charge in [-0.25, -0.2) is 4.79 Å². The van der Waals surface area contributed by atoms with E-state index < -0.39 is 23.1 Å². The highest BCUT2D eigenvalue weighted by molar-refractivity contribution is 6.31. The molecule has 0 amide bonds. The van der Waals surface area contributed by atoms with Gasteiger partial charge in [-0.15, -0.1) is 0 Å². The Hall–Kier alpha value is -2.73. The van der Waals surface area contributed by atoms with Gasteiger partial charge in [0, 0.05) is 22.4 Å². The van der Waals surface area contributed by atoms with Crippen molar-refractivity contribution < 1.29 is 19.5 Å². The van der Waals surface area contributed by atoms with Crippen molar-refractivity contribution in [1.29, 1.82) is 0 Å². The quantitative estimate of drug-likeness (QED) is 0.652. The number of benzene rings is 1. The summed E-state index contributed by atoms with van der Waals surface area (Å²) in [6.45, 7) is 0. The third kappa shape index (κ3) is 1.59. The van der Waals surface area contributed by atoms with Crippen LogP contribution in [-0.4, -0.2) is 28.2 Å². The number of rotatable bonds is 1. The Balaban J connectivity index is 2.33. The topological polar surface area (TPSA) is 123 Å². The van der Waals surface area contributed by atoms with Crippen LogP contribution in [0, 0.1) is 0 Å². The number of carbonyl (C=O) groups excluding carboxylic acids is 2. The van der Waals surface area contributed by atoms with Crippen LogP contribution >= 0.6 is 0 Å². The average molecular weight is 284 g/mol.